The van der Waals surface area contributed by atoms with Crippen LogP contribution in [0.1, 0.15) is 40.5 Å². The predicted molar refractivity (Wildman–Crippen MR) is 47.4 cm³/mol. The first kappa shape index (κ1) is 10.5. The van der Waals surface area contributed by atoms with Crippen LogP contribution in [0.4, 0.5) is 0 Å². The average molecular weight is 157 g/mol. The molecule has 0 radical (unpaired) electrons. The summed E-state index contributed by atoms with van der Waals surface area (Å²) in [5.74, 6) is 0.188. The lowest BCUT2D eigenvalue weighted by molar-refractivity contribution is -0.130. The summed E-state index contributed by atoms with van der Waals surface area (Å²) in [6.07, 6.45) is 2.25. The van der Waals surface area contributed by atoms with Crippen LogP contribution >= 0.6 is 0 Å². The summed E-state index contributed by atoms with van der Waals surface area (Å²) in [4.78, 5) is 12.9. The number of carbonyl (C=O) groups excluding carboxylic acids is 1. The number of carbonyl (C=O) groups is 1. The van der Waals surface area contributed by atoms with Crippen molar-refractivity contribution in [1.29, 1.82) is 0 Å². The van der Waals surface area contributed by atoms with Gasteiger partial charge in [-0.25, -0.2) is 0 Å². The molecule has 0 saturated heterocycles. The zero-order valence-corrected chi connectivity index (χ0v) is 8.05. The van der Waals surface area contributed by atoms with E-state index in [1.807, 2.05) is 11.8 Å². The Morgan fingerprint density at radius 2 is 2.00 bits per heavy atom. The highest BCUT2D eigenvalue weighted by Gasteiger charge is 2.12. The summed E-state index contributed by atoms with van der Waals surface area (Å²) in [6.45, 7) is 8.73. The number of rotatable bonds is 4. The first-order valence-electron chi connectivity index (χ1n) is 4.40. The molecule has 0 aliphatic carbocycles. The molecular weight excluding hydrogens is 138 g/mol. The Morgan fingerprint density at radius 1 is 1.45 bits per heavy atom. The van der Waals surface area contributed by atoms with Gasteiger partial charge in [0, 0.05) is 19.5 Å². The molecule has 2 heteroatoms. The molecule has 0 aromatic heterocycles. The summed E-state index contributed by atoms with van der Waals surface area (Å²) in [6, 6.07) is 0.405. The van der Waals surface area contributed by atoms with Crippen molar-refractivity contribution in [3.8, 4) is 0 Å². The number of hydrogen-bond donors (Lipinski definition) is 0. The van der Waals surface area contributed by atoms with E-state index in [4.69, 9.17) is 0 Å². The minimum atomic E-state index is 0.188. The Bertz CT molecular complexity index is 123. The van der Waals surface area contributed by atoms with Crippen molar-refractivity contribution >= 4 is 5.91 Å². The smallest absolute Gasteiger partial charge is 0.219 e. The van der Waals surface area contributed by atoms with E-state index >= 15 is 0 Å². The molecule has 0 aliphatic heterocycles. The monoisotopic (exact) mass is 157 g/mol. The van der Waals surface area contributed by atoms with Crippen molar-refractivity contribution in [3.63, 3.8) is 0 Å². The molecule has 0 heterocycles. The maximum Gasteiger partial charge on any atom is 0.219 e. The van der Waals surface area contributed by atoms with E-state index in [0.29, 0.717) is 6.04 Å². The van der Waals surface area contributed by atoms with Crippen LogP contribution in [-0.4, -0.2) is 23.4 Å². The van der Waals surface area contributed by atoms with Crippen molar-refractivity contribution in [2.75, 3.05) is 6.54 Å². The molecule has 0 N–H and O–H groups in total. The highest BCUT2D eigenvalue weighted by molar-refractivity contribution is 5.73. The van der Waals surface area contributed by atoms with E-state index in [-0.39, 0.29) is 5.91 Å². The van der Waals surface area contributed by atoms with Crippen LogP contribution in [-0.2, 0) is 4.79 Å². The highest BCUT2D eigenvalue weighted by Crippen LogP contribution is 2.05. The SMILES string of the molecule is CCCC(C)N(CC)C(C)=O. The van der Waals surface area contributed by atoms with Gasteiger partial charge < -0.3 is 4.90 Å². The quantitative estimate of drug-likeness (QED) is 0.611. The van der Waals surface area contributed by atoms with Gasteiger partial charge in [0.05, 0.1) is 0 Å². The lowest BCUT2D eigenvalue weighted by atomic mass is 10.1. The van der Waals surface area contributed by atoms with Crippen LogP contribution in [0.15, 0.2) is 0 Å². The van der Waals surface area contributed by atoms with Crippen molar-refractivity contribution in [1.82, 2.24) is 4.90 Å². The normalized spacial score (nSPS) is 12.7. The number of amides is 1. The molecule has 0 fully saturated rings. The highest BCUT2D eigenvalue weighted by atomic mass is 16.2. The third kappa shape index (κ3) is 3.40. The minimum absolute atomic E-state index is 0.188. The Labute approximate surface area is 69.6 Å². The van der Waals surface area contributed by atoms with E-state index < -0.39 is 0 Å². The Balaban J connectivity index is 3.91. The Morgan fingerprint density at radius 3 is 2.27 bits per heavy atom. The second-order valence-electron chi connectivity index (χ2n) is 2.94. The van der Waals surface area contributed by atoms with Gasteiger partial charge in [-0.3, -0.25) is 4.79 Å². The Hall–Kier alpha value is -0.530. The van der Waals surface area contributed by atoms with Crippen LogP contribution in [0.25, 0.3) is 0 Å². The third-order valence-corrected chi connectivity index (χ3v) is 1.98. The Kier molecular flexibility index (Phi) is 4.92. The summed E-state index contributed by atoms with van der Waals surface area (Å²) in [5.41, 5.74) is 0. The van der Waals surface area contributed by atoms with Gasteiger partial charge in [-0.2, -0.15) is 0 Å². The summed E-state index contributed by atoms with van der Waals surface area (Å²) in [5, 5.41) is 0. The van der Waals surface area contributed by atoms with Gasteiger partial charge in [-0.05, 0) is 20.3 Å². The zero-order valence-electron chi connectivity index (χ0n) is 8.05. The molecule has 0 aromatic rings. The fourth-order valence-electron chi connectivity index (χ4n) is 1.42. The third-order valence-electron chi connectivity index (χ3n) is 1.98. The first-order valence-corrected chi connectivity index (χ1v) is 4.40. The molecule has 1 amide bonds. The molecule has 0 aromatic carbocycles. The maximum absolute atomic E-state index is 11.0. The van der Waals surface area contributed by atoms with E-state index in [9.17, 15) is 4.79 Å². The average Bonchev–Trinajstić information content (AvgIpc) is 1.88. The van der Waals surface area contributed by atoms with Crippen LogP contribution < -0.4 is 0 Å². The maximum atomic E-state index is 11.0. The van der Waals surface area contributed by atoms with Gasteiger partial charge >= 0.3 is 0 Å². The summed E-state index contributed by atoms with van der Waals surface area (Å²) in [7, 11) is 0. The minimum Gasteiger partial charge on any atom is -0.341 e. The van der Waals surface area contributed by atoms with Crippen LogP contribution in [0, 0.1) is 0 Å². The van der Waals surface area contributed by atoms with Crippen molar-refractivity contribution in [3.05, 3.63) is 0 Å². The summed E-state index contributed by atoms with van der Waals surface area (Å²) < 4.78 is 0. The lowest BCUT2D eigenvalue weighted by Gasteiger charge is -2.26. The molecule has 0 rings (SSSR count). The molecule has 66 valence electrons. The number of nitrogens with zero attached hydrogens (tertiary/aromatic N) is 1. The molecule has 0 aliphatic rings. The molecule has 11 heavy (non-hydrogen) atoms. The van der Waals surface area contributed by atoms with E-state index in [1.165, 1.54) is 0 Å². The van der Waals surface area contributed by atoms with E-state index in [2.05, 4.69) is 13.8 Å². The van der Waals surface area contributed by atoms with Crippen LogP contribution in [0.5, 0.6) is 0 Å². The fourth-order valence-corrected chi connectivity index (χ4v) is 1.42. The van der Waals surface area contributed by atoms with Crippen LogP contribution in [0.2, 0.25) is 0 Å². The molecule has 2 nitrogen and oxygen atoms in total. The predicted octanol–water partition coefficient (Wildman–Crippen LogP) is 2.04. The van der Waals surface area contributed by atoms with Gasteiger partial charge in [-0.1, -0.05) is 13.3 Å². The topological polar surface area (TPSA) is 20.3 Å². The molecule has 1 atom stereocenters. The van der Waals surface area contributed by atoms with Gasteiger partial charge in [-0.15, -0.1) is 0 Å². The second kappa shape index (κ2) is 5.16. The van der Waals surface area contributed by atoms with E-state index in [0.717, 1.165) is 19.4 Å². The summed E-state index contributed by atoms with van der Waals surface area (Å²) >= 11 is 0. The van der Waals surface area contributed by atoms with Crippen molar-refractivity contribution < 1.29 is 4.79 Å². The first-order chi connectivity index (χ1) is 5.13. The molecule has 0 spiro atoms. The number of hydrogen-bond acceptors (Lipinski definition) is 1. The van der Waals surface area contributed by atoms with Crippen molar-refractivity contribution in [2.45, 2.75) is 46.6 Å². The molecule has 1 unspecified atom stereocenters. The van der Waals surface area contributed by atoms with Gasteiger partial charge in [0.1, 0.15) is 0 Å². The fraction of sp³-hybridized carbons (Fsp3) is 0.889. The molecule has 0 bridgehead atoms. The second-order valence-corrected chi connectivity index (χ2v) is 2.94. The van der Waals surface area contributed by atoms with Crippen LogP contribution in [0.3, 0.4) is 0 Å². The van der Waals surface area contributed by atoms with Gasteiger partial charge in [0.25, 0.3) is 0 Å². The largest absolute Gasteiger partial charge is 0.341 e. The standard InChI is InChI=1S/C9H19NO/c1-5-7-8(3)10(6-2)9(4)11/h8H,5-7H2,1-4H3. The van der Waals surface area contributed by atoms with E-state index in [1.54, 1.807) is 6.92 Å². The molecular formula is C9H19NO. The van der Waals surface area contributed by atoms with Gasteiger partial charge in [0.2, 0.25) is 5.91 Å². The van der Waals surface area contributed by atoms with Crippen molar-refractivity contribution in [2.24, 2.45) is 0 Å². The lowest BCUT2D eigenvalue weighted by Crippen LogP contribution is -2.36. The zero-order chi connectivity index (χ0) is 8.85. The van der Waals surface area contributed by atoms with Gasteiger partial charge in [0.15, 0.2) is 0 Å². The molecule has 0 saturated carbocycles.